The van der Waals surface area contributed by atoms with E-state index in [9.17, 15) is 17.2 Å². The fourth-order valence-corrected chi connectivity index (χ4v) is 4.12. The Morgan fingerprint density at radius 3 is 2.37 bits per heavy atom. The van der Waals surface area contributed by atoms with Gasteiger partial charge in [0.2, 0.25) is 16.0 Å². The summed E-state index contributed by atoms with van der Waals surface area (Å²) >= 11 is 0. The molecule has 0 atom stereocenters. The summed E-state index contributed by atoms with van der Waals surface area (Å²) in [4.78, 5) is 12.5. The van der Waals surface area contributed by atoms with E-state index in [0.717, 1.165) is 38.1 Å². The van der Waals surface area contributed by atoms with Crippen LogP contribution >= 0.6 is 0 Å². The predicted octanol–water partition coefficient (Wildman–Crippen LogP) is 2.36. The molecule has 1 aromatic heterocycles. The van der Waals surface area contributed by atoms with Crippen molar-refractivity contribution in [1.29, 1.82) is 0 Å². The highest BCUT2D eigenvalue weighted by Crippen LogP contribution is 2.26. The Morgan fingerprint density at radius 1 is 1.15 bits per heavy atom. The molecule has 0 saturated carbocycles. The smallest absolute Gasteiger partial charge is 0.237 e. The van der Waals surface area contributed by atoms with Crippen LogP contribution in [0.25, 0.3) is 0 Å². The number of aromatic nitrogens is 2. The minimum absolute atomic E-state index is 0.0148. The van der Waals surface area contributed by atoms with Crippen LogP contribution in [0.2, 0.25) is 0 Å². The maximum Gasteiger partial charge on any atom is 0.237 e. The largest absolute Gasteiger partial charge is 0.361 e. The van der Waals surface area contributed by atoms with Crippen molar-refractivity contribution < 1.29 is 17.2 Å². The molecule has 0 bridgehead atoms. The summed E-state index contributed by atoms with van der Waals surface area (Å²) in [6.07, 6.45) is 3.55. The molecule has 0 spiro atoms. The quantitative estimate of drug-likeness (QED) is 0.806. The van der Waals surface area contributed by atoms with Crippen molar-refractivity contribution in [3.63, 3.8) is 0 Å². The minimum Gasteiger partial charge on any atom is -0.361 e. The Morgan fingerprint density at radius 2 is 1.78 bits per heavy atom. The highest BCUT2D eigenvalue weighted by molar-refractivity contribution is 7.91. The van der Waals surface area contributed by atoms with Gasteiger partial charge in [0.15, 0.2) is 5.82 Å². The molecule has 1 fully saturated rings. The first-order chi connectivity index (χ1) is 12.7. The lowest BCUT2D eigenvalue weighted by Crippen LogP contribution is -2.24. The van der Waals surface area contributed by atoms with Gasteiger partial charge in [0, 0.05) is 33.3 Å². The van der Waals surface area contributed by atoms with Gasteiger partial charge in [-0.1, -0.05) is 0 Å². The third-order valence-corrected chi connectivity index (χ3v) is 5.36. The molecule has 146 valence electrons. The molecular weight excluding hydrogens is 376 g/mol. The molecule has 27 heavy (non-hydrogen) atoms. The summed E-state index contributed by atoms with van der Waals surface area (Å²) in [5, 5.41) is 0. The van der Waals surface area contributed by atoms with Crippen molar-refractivity contribution in [3.05, 3.63) is 41.6 Å². The third kappa shape index (κ3) is 4.82. The lowest BCUT2D eigenvalue weighted by molar-refractivity contribution is 0.579. The van der Waals surface area contributed by atoms with Gasteiger partial charge in [-0.15, -0.1) is 0 Å². The first-order valence-corrected chi connectivity index (χ1v) is 10.1. The molecule has 0 aliphatic carbocycles. The van der Waals surface area contributed by atoms with Crippen LogP contribution in [0.3, 0.4) is 0 Å². The zero-order valence-corrected chi connectivity index (χ0v) is 15.9. The molecule has 1 saturated heterocycles. The van der Waals surface area contributed by atoms with Gasteiger partial charge < -0.3 is 9.80 Å². The van der Waals surface area contributed by atoms with Crippen LogP contribution in [0, 0.1) is 11.6 Å². The number of benzene rings is 1. The SMILES string of the molecule is CN(C)c1nc(N2CCCC2)ncc1NS(=O)(=O)Cc1cc(F)cc(F)c1. The van der Waals surface area contributed by atoms with Crippen molar-refractivity contribution in [2.24, 2.45) is 0 Å². The van der Waals surface area contributed by atoms with Crippen LogP contribution in [-0.2, 0) is 15.8 Å². The molecule has 2 heterocycles. The molecule has 0 unspecified atom stereocenters. The highest BCUT2D eigenvalue weighted by atomic mass is 32.2. The molecule has 1 aromatic carbocycles. The van der Waals surface area contributed by atoms with E-state index in [-0.39, 0.29) is 11.3 Å². The molecule has 1 aliphatic rings. The number of nitrogens with one attached hydrogen (secondary N) is 1. The van der Waals surface area contributed by atoms with Crippen LogP contribution in [0.1, 0.15) is 18.4 Å². The average molecular weight is 397 g/mol. The number of hydrogen-bond acceptors (Lipinski definition) is 6. The van der Waals surface area contributed by atoms with Crippen LogP contribution in [0.15, 0.2) is 24.4 Å². The van der Waals surface area contributed by atoms with E-state index in [4.69, 9.17) is 0 Å². The fourth-order valence-electron chi connectivity index (χ4n) is 2.96. The zero-order valence-electron chi connectivity index (χ0n) is 15.1. The summed E-state index contributed by atoms with van der Waals surface area (Å²) in [5.74, 6) is -1.25. The fraction of sp³-hybridized carbons (Fsp3) is 0.412. The number of halogens is 2. The monoisotopic (exact) mass is 397 g/mol. The standard InChI is InChI=1S/C17H21F2N5O2S/c1-23(2)16-15(10-20-17(21-16)24-5-3-4-6-24)22-27(25,26)11-12-7-13(18)9-14(19)8-12/h7-10,22H,3-6,11H2,1-2H3. The summed E-state index contributed by atoms with van der Waals surface area (Å²) in [5.41, 5.74) is 0.223. The molecule has 3 rings (SSSR count). The highest BCUT2D eigenvalue weighted by Gasteiger charge is 2.21. The van der Waals surface area contributed by atoms with E-state index in [1.165, 1.54) is 6.20 Å². The molecule has 1 aliphatic heterocycles. The lowest BCUT2D eigenvalue weighted by Gasteiger charge is -2.21. The first-order valence-electron chi connectivity index (χ1n) is 8.48. The van der Waals surface area contributed by atoms with E-state index in [2.05, 4.69) is 14.7 Å². The maximum atomic E-state index is 13.3. The third-order valence-electron chi connectivity index (χ3n) is 4.11. The van der Waals surface area contributed by atoms with E-state index < -0.39 is 27.4 Å². The van der Waals surface area contributed by atoms with Crippen LogP contribution < -0.4 is 14.5 Å². The molecule has 2 aromatic rings. The minimum atomic E-state index is -3.91. The first kappa shape index (κ1) is 19.3. The van der Waals surface area contributed by atoms with Gasteiger partial charge in [0.1, 0.15) is 17.3 Å². The van der Waals surface area contributed by atoms with E-state index >= 15 is 0 Å². The van der Waals surface area contributed by atoms with Gasteiger partial charge in [-0.2, -0.15) is 4.98 Å². The number of nitrogens with zero attached hydrogens (tertiary/aromatic N) is 4. The predicted molar refractivity (Wildman–Crippen MR) is 100 cm³/mol. The molecule has 0 radical (unpaired) electrons. The number of hydrogen-bond donors (Lipinski definition) is 1. The molecular formula is C17H21F2N5O2S. The second-order valence-corrected chi connectivity index (χ2v) is 8.36. The Hall–Kier alpha value is -2.49. The van der Waals surface area contributed by atoms with Gasteiger partial charge in [-0.05, 0) is 30.5 Å². The summed E-state index contributed by atoms with van der Waals surface area (Å²) < 4.78 is 54.0. The van der Waals surface area contributed by atoms with Crippen molar-refractivity contribution in [2.45, 2.75) is 18.6 Å². The normalized spacial score (nSPS) is 14.4. The van der Waals surface area contributed by atoms with Gasteiger partial charge in [-0.25, -0.2) is 22.2 Å². The van der Waals surface area contributed by atoms with E-state index in [1.54, 1.807) is 19.0 Å². The maximum absolute atomic E-state index is 13.3. The summed E-state index contributed by atoms with van der Waals surface area (Å²) in [7, 11) is -0.421. The lowest BCUT2D eigenvalue weighted by atomic mass is 10.2. The topological polar surface area (TPSA) is 78.4 Å². The van der Waals surface area contributed by atoms with Crippen molar-refractivity contribution >= 4 is 27.5 Å². The van der Waals surface area contributed by atoms with Crippen molar-refractivity contribution in [3.8, 4) is 0 Å². The summed E-state index contributed by atoms with van der Waals surface area (Å²) in [6, 6.07) is 2.67. The molecule has 10 heteroatoms. The zero-order chi connectivity index (χ0) is 19.6. The number of anilines is 3. The van der Waals surface area contributed by atoms with E-state index in [0.29, 0.717) is 17.8 Å². The van der Waals surface area contributed by atoms with Gasteiger partial charge in [-0.3, -0.25) is 4.72 Å². The van der Waals surface area contributed by atoms with Crippen LogP contribution in [-0.4, -0.2) is 45.6 Å². The Balaban J connectivity index is 1.84. The summed E-state index contributed by atoms with van der Waals surface area (Å²) in [6.45, 7) is 1.73. The van der Waals surface area contributed by atoms with Crippen LogP contribution in [0.5, 0.6) is 0 Å². The van der Waals surface area contributed by atoms with Gasteiger partial charge >= 0.3 is 0 Å². The number of rotatable bonds is 6. The second kappa shape index (κ2) is 7.63. The van der Waals surface area contributed by atoms with Gasteiger partial charge in [0.05, 0.1) is 11.9 Å². The van der Waals surface area contributed by atoms with E-state index in [1.807, 2.05) is 4.90 Å². The Kier molecular flexibility index (Phi) is 5.45. The molecule has 0 amide bonds. The molecule has 7 nitrogen and oxygen atoms in total. The number of sulfonamides is 1. The second-order valence-electron chi connectivity index (χ2n) is 6.63. The van der Waals surface area contributed by atoms with Crippen LogP contribution in [0.4, 0.5) is 26.2 Å². The molecule has 1 N–H and O–H groups in total. The van der Waals surface area contributed by atoms with Gasteiger partial charge in [0.25, 0.3) is 0 Å². The Labute approximate surface area is 157 Å². The Bertz CT molecular complexity index is 911. The van der Waals surface area contributed by atoms with Crippen molar-refractivity contribution in [2.75, 3.05) is 41.7 Å². The average Bonchev–Trinajstić information content (AvgIpc) is 3.07. The van der Waals surface area contributed by atoms with Crippen molar-refractivity contribution in [1.82, 2.24) is 9.97 Å².